The minimum atomic E-state index is -0.811. The van der Waals surface area contributed by atoms with Crippen LogP contribution in [0.15, 0.2) is 22.7 Å². The van der Waals surface area contributed by atoms with E-state index < -0.39 is 12.0 Å². The van der Waals surface area contributed by atoms with Crippen molar-refractivity contribution in [3.8, 4) is 0 Å². The molecule has 0 aromatic heterocycles. The standard InChI is InChI=1S/C15H19BrFNO2/c1-10(12-9-11(16)6-7-13(12)17)18-8-4-2-3-5-14(18)15(19)20/h6-7,9-10,14H,2-5,8H2,1H3,(H,19,20). The van der Waals surface area contributed by atoms with Gasteiger partial charge in [0.2, 0.25) is 0 Å². The van der Waals surface area contributed by atoms with Gasteiger partial charge in [-0.1, -0.05) is 28.8 Å². The molecule has 110 valence electrons. The Morgan fingerprint density at radius 1 is 1.45 bits per heavy atom. The first-order valence-corrected chi connectivity index (χ1v) is 7.73. The quantitative estimate of drug-likeness (QED) is 0.902. The van der Waals surface area contributed by atoms with Crippen LogP contribution in [0.5, 0.6) is 0 Å². The molecule has 3 nitrogen and oxygen atoms in total. The van der Waals surface area contributed by atoms with Gasteiger partial charge in [0.1, 0.15) is 11.9 Å². The zero-order valence-electron chi connectivity index (χ0n) is 11.5. The molecule has 0 radical (unpaired) electrons. The SMILES string of the molecule is CC(c1cc(Br)ccc1F)N1CCCCCC1C(=O)O. The first-order chi connectivity index (χ1) is 9.50. The third-order valence-corrected chi connectivity index (χ3v) is 4.48. The van der Waals surface area contributed by atoms with Crippen LogP contribution >= 0.6 is 15.9 Å². The lowest BCUT2D eigenvalue weighted by Gasteiger charge is -2.33. The van der Waals surface area contributed by atoms with Crippen LogP contribution in [-0.4, -0.2) is 28.6 Å². The number of nitrogens with zero attached hydrogens (tertiary/aromatic N) is 1. The number of hydrogen-bond donors (Lipinski definition) is 1. The summed E-state index contributed by atoms with van der Waals surface area (Å²) in [6.07, 6.45) is 3.55. The predicted molar refractivity (Wildman–Crippen MR) is 79.1 cm³/mol. The van der Waals surface area contributed by atoms with Crippen molar-refractivity contribution in [1.82, 2.24) is 4.90 Å². The van der Waals surface area contributed by atoms with Crippen LogP contribution in [0.4, 0.5) is 4.39 Å². The topological polar surface area (TPSA) is 40.5 Å². The van der Waals surface area contributed by atoms with Crippen LogP contribution in [0.25, 0.3) is 0 Å². The molecule has 20 heavy (non-hydrogen) atoms. The second-order valence-electron chi connectivity index (χ2n) is 5.28. The molecular formula is C15H19BrFNO2. The van der Waals surface area contributed by atoms with E-state index in [1.165, 1.54) is 6.07 Å². The van der Waals surface area contributed by atoms with Crippen LogP contribution in [0, 0.1) is 5.82 Å². The second-order valence-corrected chi connectivity index (χ2v) is 6.20. The molecule has 0 spiro atoms. The van der Waals surface area contributed by atoms with Gasteiger partial charge in [0, 0.05) is 16.1 Å². The van der Waals surface area contributed by atoms with Crippen LogP contribution in [0.3, 0.4) is 0 Å². The number of halogens is 2. The monoisotopic (exact) mass is 343 g/mol. The van der Waals surface area contributed by atoms with Gasteiger partial charge in [0.15, 0.2) is 0 Å². The van der Waals surface area contributed by atoms with Crippen LogP contribution in [0.2, 0.25) is 0 Å². The summed E-state index contributed by atoms with van der Waals surface area (Å²) >= 11 is 3.35. The van der Waals surface area contributed by atoms with Crippen LogP contribution in [0.1, 0.15) is 44.2 Å². The highest BCUT2D eigenvalue weighted by Crippen LogP contribution is 2.30. The summed E-state index contributed by atoms with van der Waals surface area (Å²) in [6, 6.07) is 4.05. The summed E-state index contributed by atoms with van der Waals surface area (Å²) in [5, 5.41) is 9.41. The van der Waals surface area contributed by atoms with Gasteiger partial charge in [-0.2, -0.15) is 0 Å². The van der Waals surface area contributed by atoms with E-state index in [0.29, 0.717) is 18.5 Å². The summed E-state index contributed by atoms with van der Waals surface area (Å²) < 4.78 is 14.8. The Kier molecular flexibility index (Phi) is 5.16. The Hall–Kier alpha value is -0.940. The third kappa shape index (κ3) is 3.38. The molecule has 1 saturated heterocycles. The van der Waals surface area contributed by atoms with Crippen molar-refractivity contribution >= 4 is 21.9 Å². The van der Waals surface area contributed by atoms with Crippen molar-refractivity contribution in [2.24, 2.45) is 0 Å². The highest BCUT2D eigenvalue weighted by Gasteiger charge is 2.32. The van der Waals surface area contributed by atoms with Gasteiger partial charge >= 0.3 is 5.97 Å². The third-order valence-electron chi connectivity index (χ3n) is 3.98. The van der Waals surface area contributed by atoms with E-state index in [1.54, 1.807) is 12.1 Å². The molecule has 2 unspecified atom stereocenters. The summed E-state index contributed by atoms with van der Waals surface area (Å²) in [5.41, 5.74) is 0.549. The maximum absolute atomic E-state index is 14.0. The molecule has 0 saturated carbocycles. The molecule has 0 bridgehead atoms. The maximum atomic E-state index is 14.0. The molecule has 1 aromatic carbocycles. The number of aliphatic carboxylic acids is 1. The lowest BCUT2D eigenvalue weighted by atomic mass is 10.0. The first-order valence-electron chi connectivity index (χ1n) is 6.94. The Balaban J connectivity index is 2.30. The number of rotatable bonds is 3. The molecule has 5 heteroatoms. The summed E-state index contributed by atoms with van der Waals surface area (Å²) in [5.74, 6) is -1.09. The van der Waals surface area contributed by atoms with E-state index >= 15 is 0 Å². The molecular weight excluding hydrogens is 325 g/mol. The maximum Gasteiger partial charge on any atom is 0.320 e. The number of likely N-dealkylation sites (tertiary alicyclic amines) is 1. The molecule has 1 N–H and O–H groups in total. The van der Waals surface area contributed by atoms with Gasteiger partial charge in [-0.25, -0.2) is 4.39 Å². The fourth-order valence-corrected chi connectivity index (χ4v) is 3.25. The average molecular weight is 344 g/mol. The predicted octanol–water partition coefficient (Wildman–Crippen LogP) is 3.98. The fourth-order valence-electron chi connectivity index (χ4n) is 2.87. The van der Waals surface area contributed by atoms with Crippen molar-refractivity contribution in [3.63, 3.8) is 0 Å². The minimum Gasteiger partial charge on any atom is -0.480 e. The van der Waals surface area contributed by atoms with Crippen molar-refractivity contribution in [3.05, 3.63) is 34.1 Å². The highest BCUT2D eigenvalue weighted by molar-refractivity contribution is 9.10. The Labute approximate surface area is 126 Å². The Morgan fingerprint density at radius 3 is 2.90 bits per heavy atom. The van der Waals surface area contributed by atoms with E-state index in [0.717, 1.165) is 23.7 Å². The fraction of sp³-hybridized carbons (Fsp3) is 0.533. The van der Waals surface area contributed by atoms with Crippen molar-refractivity contribution in [2.45, 2.75) is 44.7 Å². The number of benzene rings is 1. The molecule has 2 rings (SSSR count). The van der Waals surface area contributed by atoms with Gasteiger partial charge < -0.3 is 5.11 Å². The summed E-state index contributed by atoms with van der Waals surface area (Å²) in [4.78, 5) is 13.4. The first kappa shape index (κ1) is 15.4. The van der Waals surface area contributed by atoms with Gasteiger partial charge in [-0.3, -0.25) is 9.69 Å². The molecule has 1 aliphatic rings. The zero-order valence-corrected chi connectivity index (χ0v) is 13.1. The minimum absolute atomic E-state index is 0.244. The normalized spacial score (nSPS) is 22.2. The van der Waals surface area contributed by atoms with E-state index in [4.69, 9.17) is 0 Å². The van der Waals surface area contributed by atoms with E-state index in [9.17, 15) is 14.3 Å². The second kappa shape index (κ2) is 6.68. The molecule has 1 aliphatic heterocycles. The zero-order chi connectivity index (χ0) is 14.7. The average Bonchev–Trinajstić information content (AvgIpc) is 2.66. The Bertz CT molecular complexity index is 495. The van der Waals surface area contributed by atoms with Gasteiger partial charge in [-0.15, -0.1) is 0 Å². The number of carbonyl (C=O) groups is 1. The lowest BCUT2D eigenvalue weighted by molar-refractivity contribution is -0.144. The summed E-state index contributed by atoms with van der Waals surface area (Å²) in [7, 11) is 0. The van der Waals surface area contributed by atoms with Crippen molar-refractivity contribution in [1.29, 1.82) is 0 Å². The van der Waals surface area contributed by atoms with Gasteiger partial charge in [0.25, 0.3) is 0 Å². The van der Waals surface area contributed by atoms with Gasteiger partial charge in [-0.05, 0) is 44.5 Å². The number of hydrogen-bond acceptors (Lipinski definition) is 2. The van der Waals surface area contributed by atoms with Crippen LogP contribution in [-0.2, 0) is 4.79 Å². The smallest absolute Gasteiger partial charge is 0.320 e. The van der Waals surface area contributed by atoms with Gasteiger partial charge in [0.05, 0.1) is 0 Å². The highest BCUT2D eigenvalue weighted by atomic mass is 79.9. The number of carboxylic acid groups (broad SMARTS) is 1. The van der Waals surface area contributed by atoms with Crippen LogP contribution < -0.4 is 0 Å². The largest absolute Gasteiger partial charge is 0.480 e. The van der Waals surface area contributed by atoms with E-state index in [1.807, 2.05) is 11.8 Å². The Morgan fingerprint density at radius 2 is 2.20 bits per heavy atom. The van der Waals surface area contributed by atoms with E-state index in [-0.39, 0.29) is 11.9 Å². The molecule has 0 amide bonds. The molecule has 1 aromatic rings. The molecule has 1 heterocycles. The lowest BCUT2D eigenvalue weighted by Crippen LogP contribution is -2.42. The number of carboxylic acids is 1. The molecule has 2 atom stereocenters. The van der Waals surface area contributed by atoms with Crippen molar-refractivity contribution < 1.29 is 14.3 Å². The summed E-state index contributed by atoms with van der Waals surface area (Å²) in [6.45, 7) is 2.58. The van der Waals surface area contributed by atoms with Crippen molar-refractivity contribution in [2.75, 3.05) is 6.54 Å². The molecule has 1 fully saturated rings. The molecule has 0 aliphatic carbocycles. The van der Waals surface area contributed by atoms with E-state index in [2.05, 4.69) is 15.9 Å².